The van der Waals surface area contributed by atoms with Crippen LogP contribution in [0.5, 0.6) is 0 Å². The van der Waals surface area contributed by atoms with Crippen molar-refractivity contribution < 1.29 is 72.1 Å². The minimum Gasteiger partial charge on any atom is -0.459 e. The summed E-state index contributed by atoms with van der Waals surface area (Å²) in [5.74, 6) is -6.52. The number of aromatic nitrogens is 4. The minimum atomic E-state index is -2.47. The molecule has 4 fully saturated rings. The van der Waals surface area contributed by atoms with Crippen LogP contribution in [0.1, 0.15) is 141 Å². The number of piperazine rings is 1. The summed E-state index contributed by atoms with van der Waals surface area (Å²) in [6.45, 7) is 16.1. The van der Waals surface area contributed by atoms with Crippen molar-refractivity contribution in [2.75, 3.05) is 77.5 Å². The molecule has 0 aromatic carbocycles. The summed E-state index contributed by atoms with van der Waals surface area (Å²) in [6, 6.07) is -1.99. The Bertz CT molecular complexity index is 2920. The Morgan fingerprint density at radius 3 is 2.05 bits per heavy atom. The molecule has 514 valence electrons. The molecule has 3 amide bonds. The number of nitrogens with one attached hydrogen (secondary N) is 2. The highest BCUT2D eigenvalue weighted by Gasteiger charge is 2.53. The number of Topliss-reactive ketones (excluding diaryl/α,β-unsaturated/α-hetero) is 2. The van der Waals surface area contributed by atoms with Crippen LogP contribution in [0.25, 0.3) is 0 Å². The number of hydrogen-bond donors (Lipinski definition) is 5. The molecule has 1 saturated carbocycles. The zero-order valence-electron chi connectivity index (χ0n) is 56.3. The molecule has 25 nitrogen and oxygen atoms in total. The number of rotatable bonds is 14. The first-order chi connectivity index (χ1) is 44.5. The van der Waals surface area contributed by atoms with E-state index < -0.39 is 108 Å². The van der Waals surface area contributed by atoms with Crippen LogP contribution in [-0.2, 0) is 58.9 Å². The Morgan fingerprint density at radius 2 is 1.42 bits per heavy atom. The molecule has 2 aromatic rings. The number of alkyl carbamates (subject to hydrolysis) is 1. The molecule has 7 rings (SSSR count). The number of ketones is 2. The minimum absolute atomic E-state index is 0.00450. The van der Waals surface area contributed by atoms with Crippen molar-refractivity contribution in [1.82, 2.24) is 35.5 Å². The zero-order chi connectivity index (χ0) is 67.5. The molecule has 6 heterocycles. The maximum atomic E-state index is 14.8. The molecule has 2 bridgehead atoms. The monoisotopic (exact) mass is 1300 g/mol. The maximum Gasteiger partial charge on any atom is 0.407 e. The van der Waals surface area contributed by atoms with Crippen LogP contribution in [-0.4, -0.2) is 205 Å². The maximum absolute atomic E-state index is 14.8. The number of methoxy groups -OCH3 is 4. The largest absolute Gasteiger partial charge is 0.459 e. The molecule has 0 radical (unpaired) electrons. The van der Waals surface area contributed by atoms with Gasteiger partial charge in [-0.2, -0.15) is 0 Å². The van der Waals surface area contributed by atoms with E-state index in [0.29, 0.717) is 126 Å². The number of nitrogens with zero attached hydrogens (tertiary/aromatic N) is 7. The number of aliphatic hydroxyl groups excluding tert-OH is 1. The summed E-state index contributed by atoms with van der Waals surface area (Å²) in [5.41, 5.74) is 9.60. The van der Waals surface area contributed by atoms with Crippen molar-refractivity contribution in [3.63, 3.8) is 0 Å². The van der Waals surface area contributed by atoms with E-state index >= 15 is 0 Å². The predicted molar refractivity (Wildman–Crippen MR) is 347 cm³/mol. The second-order valence-electron chi connectivity index (χ2n) is 25.9. The number of ether oxygens (including phenoxy) is 7. The van der Waals surface area contributed by atoms with E-state index in [4.69, 9.17) is 38.9 Å². The van der Waals surface area contributed by atoms with Crippen LogP contribution in [0.4, 0.5) is 16.7 Å². The number of aliphatic hydroxyl groups is 2. The Kier molecular flexibility index (Phi) is 28.0. The number of piperidine rings is 1. The van der Waals surface area contributed by atoms with E-state index in [0.717, 1.165) is 5.57 Å². The van der Waals surface area contributed by atoms with Gasteiger partial charge in [-0.3, -0.25) is 19.2 Å². The van der Waals surface area contributed by atoms with E-state index in [-0.39, 0.29) is 49.5 Å². The summed E-state index contributed by atoms with van der Waals surface area (Å²) in [5, 5.41) is 29.4. The number of anilines is 2. The molecule has 0 unspecified atom stereocenters. The van der Waals surface area contributed by atoms with E-state index in [2.05, 4.69) is 35.5 Å². The van der Waals surface area contributed by atoms with Gasteiger partial charge in [0.25, 0.3) is 17.6 Å². The van der Waals surface area contributed by atoms with E-state index in [1.807, 2.05) is 76.0 Å². The lowest BCUT2D eigenvalue weighted by Gasteiger charge is -2.43. The van der Waals surface area contributed by atoms with Gasteiger partial charge in [0.1, 0.15) is 30.5 Å². The van der Waals surface area contributed by atoms with Crippen LogP contribution in [0, 0.1) is 29.6 Å². The van der Waals surface area contributed by atoms with Crippen LogP contribution < -0.4 is 26.2 Å². The number of esters is 1. The quantitative estimate of drug-likeness (QED) is 0.0834. The van der Waals surface area contributed by atoms with Gasteiger partial charge >= 0.3 is 12.1 Å². The van der Waals surface area contributed by atoms with E-state index in [1.165, 1.54) is 31.5 Å². The molecule has 93 heavy (non-hydrogen) atoms. The van der Waals surface area contributed by atoms with Gasteiger partial charge in [0.2, 0.25) is 17.7 Å². The normalized spacial score (nSPS) is 33.4. The topological polar surface area (TPSA) is 319 Å². The Hall–Kier alpha value is -6.58. The van der Waals surface area contributed by atoms with Gasteiger partial charge in [-0.25, -0.2) is 29.5 Å². The molecule has 4 aliphatic heterocycles. The fraction of sp³-hybridized carbons (Fsp3) is 0.676. The first-order valence-electron chi connectivity index (χ1n) is 33.1. The zero-order valence-corrected chi connectivity index (χ0v) is 56.3. The molecule has 25 heteroatoms. The number of carbonyl (C=O) groups is 6. The first-order valence-corrected chi connectivity index (χ1v) is 33.1. The lowest BCUT2D eigenvalue weighted by atomic mass is 9.80. The van der Waals surface area contributed by atoms with Crippen molar-refractivity contribution in [3.8, 4) is 0 Å². The van der Waals surface area contributed by atoms with Gasteiger partial charge < -0.3 is 74.4 Å². The number of carbonyl (C=O) groups excluding carboxylic acids is 6. The summed E-state index contributed by atoms with van der Waals surface area (Å²) >= 11 is 0. The lowest BCUT2D eigenvalue weighted by Crippen LogP contribution is -2.61. The van der Waals surface area contributed by atoms with Gasteiger partial charge in [0, 0.05) is 141 Å². The highest BCUT2D eigenvalue weighted by molar-refractivity contribution is 6.39. The number of nitrogens with two attached hydrogens (primary N) is 1. The molecule has 2 aromatic heterocycles. The molecular weight excluding hydrogens is 1200 g/mol. The summed E-state index contributed by atoms with van der Waals surface area (Å²) in [6.07, 6.45) is 15.7. The number of amides is 3. The molecule has 1 aliphatic carbocycles. The predicted octanol–water partition coefficient (Wildman–Crippen LogP) is 5.91. The number of hydrogen-bond acceptors (Lipinski definition) is 22. The van der Waals surface area contributed by atoms with Crippen LogP contribution in [0.2, 0.25) is 0 Å². The second-order valence-corrected chi connectivity index (χ2v) is 25.9. The third kappa shape index (κ3) is 19.8. The lowest BCUT2D eigenvalue weighted by molar-refractivity contribution is -0.265. The molecule has 16 atom stereocenters. The van der Waals surface area contributed by atoms with E-state index in [1.54, 1.807) is 40.5 Å². The highest BCUT2D eigenvalue weighted by Crippen LogP contribution is 2.38. The van der Waals surface area contributed by atoms with Gasteiger partial charge in [-0.05, 0) is 108 Å². The van der Waals surface area contributed by atoms with Crippen molar-refractivity contribution in [2.24, 2.45) is 35.3 Å². The number of fused-ring (bicyclic) bond motifs is 3. The average Bonchev–Trinajstić information content (AvgIpc) is 0.785. The summed E-state index contributed by atoms with van der Waals surface area (Å²) in [7, 11) is 6.06. The molecule has 6 N–H and O–H groups in total. The number of cyclic esters (lactones) is 1. The molecule has 3 saturated heterocycles. The Labute approximate surface area is 548 Å². The van der Waals surface area contributed by atoms with Crippen LogP contribution >= 0.6 is 0 Å². The third-order valence-corrected chi connectivity index (χ3v) is 19.1. The van der Waals surface area contributed by atoms with Crippen molar-refractivity contribution >= 4 is 47.3 Å². The highest BCUT2D eigenvalue weighted by atomic mass is 16.6. The van der Waals surface area contributed by atoms with Gasteiger partial charge in [-0.15, -0.1) is 0 Å². The van der Waals surface area contributed by atoms with Crippen molar-refractivity contribution in [3.05, 3.63) is 83.5 Å². The van der Waals surface area contributed by atoms with Gasteiger partial charge in [0.15, 0.2) is 5.78 Å². The van der Waals surface area contributed by atoms with Crippen LogP contribution in [0.15, 0.2) is 72.4 Å². The molecule has 0 spiro atoms. The Balaban J connectivity index is 1.03. The van der Waals surface area contributed by atoms with Crippen molar-refractivity contribution in [2.45, 2.75) is 199 Å². The Morgan fingerprint density at radius 1 is 0.753 bits per heavy atom. The fourth-order valence-corrected chi connectivity index (χ4v) is 13.4. The standard InChI is InChI=1S/C68H102N10O15/c1-12-70-62(82)49-39-73-66(74-40-49)77-28-26-76(27-29-77)65-71-36-48(37-72-65)38-75-67(85)92-53-24-22-47(33-57(53)89-10)32-51(69)56-35-55(88-9)43(4)31-45(6)59(80)60(90-11)58(79)44(5)30-41(2)18-14-13-15-19-42(3)54(87-8)34-50-23-21-46(7)68(86,93-50)61(81)63(83)78-25-17-16-20-52(78)64(84)91-56/h13-15,18-19,31,36-37,39-41,43-44,46-47,50-57,59-60,80,86H,12,16-17,20-30,32-35,38,69H2,1-11H3,(H,70,82)(H,75,85)/b15-13+,18-14+,42-19+,45-31+/t41-,43-,44-,46-,47+,50+,51-,52+,53-,54+,55-,56+,57-,59-,60+,68-/m1/s1. The van der Waals surface area contributed by atoms with Crippen molar-refractivity contribution in [1.29, 1.82) is 0 Å². The smallest absolute Gasteiger partial charge is 0.407 e. The number of allylic oxidation sites excluding steroid dienone is 5. The summed E-state index contributed by atoms with van der Waals surface area (Å²) in [4.78, 5) is 107. The van der Waals surface area contributed by atoms with Gasteiger partial charge in [-0.1, -0.05) is 64.2 Å². The molecular formula is C68H102N10O15. The fourth-order valence-electron chi connectivity index (χ4n) is 13.4. The third-order valence-electron chi connectivity index (χ3n) is 19.1. The molecule has 5 aliphatic rings. The van der Waals surface area contributed by atoms with E-state index in [9.17, 15) is 39.0 Å². The average molecular weight is 1300 g/mol. The first kappa shape index (κ1) is 73.8. The summed E-state index contributed by atoms with van der Waals surface area (Å²) < 4.78 is 42.3. The second kappa shape index (κ2) is 35.2. The van der Waals surface area contributed by atoms with Crippen LogP contribution in [0.3, 0.4) is 0 Å². The SMILES string of the molecule is CCNC(=O)c1cnc(N2CCN(c3ncc(CNC(=O)O[C@@H]4CC[C@@H](C[C@@H](N)[C@@H]5C[C@@H](OC)[C@H](C)/C=C(\C)[C@@H](O)[C@@H](OC)C(=O)[C@H](C)C[C@H](C)/C=C/C=C/C=C(\C)[C@@H](OC)C[C@@H]6CC[C@@H](C)[C@@](O)(O6)C(=O)C(=O)N6CCCC[C@H]6C(=O)O5)C[C@H]4OC)cn3)CC2)nc1. The van der Waals surface area contributed by atoms with Gasteiger partial charge in [0.05, 0.1) is 30.0 Å².